The van der Waals surface area contributed by atoms with Crippen molar-refractivity contribution in [1.82, 2.24) is 4.90 Å². The zero-order valence-corrected chi connectivity index (χ0v) is 9.55. The fraction of sp³-hybridized carbons (Fsp3) is 0.700. The quantitative estimate of drug-likeness (QED) is 0.471. The molecular formula is C10H19NO2S. The van der Waals surface area contributed by atoms with Gasteiger partial charge >= 0.3 is 5.97 Å². The predicted molar refractivity (Wildman–Crippen MR) is 61.9 cm³/mol. The normalized spacial score (nSPS) is 10.4. The Balaban J connectivity index is 3.61. The molecule has 0 saturated heterocycles. The summed E-state index contributed by atoms with van der Waals surface area (Å²) in [5, 5.41) is 8.63. The Hall–Kier alpha value is -0.480. The summed E-state index contributed by atoms with van der Waals surface area (Å²) in [6, 6.07) is 0. The van der Waals surface area contributed by atoms with Crippen molar-refractivity contribution in [3.05, 3.63) is 12.7 Å². The third kappa shape index (κ3) is 8.13. The molecular weight excluding hydrogens is 198 g/mol. The number of thioether (sulfide) groups is 1. The standard InChI is InChI=1S/C10H19NO2S/c1-3-6-11(9-10(12)13)7-4-5-8-14-2/h3H,1,4-9H2,2H3,(H,12,13). The summed E-state index contributed by atoms with van der Waals surface area (Å²) in [6.45, 7) is 5.23. The van der Waals surface area contributed by atoms with Crippen molar-refractivity contribution < 1.29 is 9.90 Å². The molecule has 0 spiro atoms. The van der Waals surface area contributed by atoms with Gasteiger partial charge in [0.2, 0.25) is 0 Å². The minimum Gasteiger partial charge on any atom is -0.480 e. The molecule has 0 rings (SSSR count). The molecule has 0 bridgehead atoms. The molecule has 14 heavy (non-hydrogen) atoms. The van der Waals surface area contributed by atoms with Crippen LogP contribution in [0, 0.1) is 0 Å². The van der Waals surface area contributed by atoms with Crippen molar-refractivity contribution in [2.75, 3.05) is 31.6 Å². The fourth-order valence-electron chi connectivity index (χ4n) is 1.19. The first-order chi connectivity index (χ1) is 6.70. The van der Waals surface area contributed by atoms with Gasteiger partial charge in [0, 0.05) is 6.54 Å². The van der Waals surface area contributed by atoms with Crippen LogP contribution in [0.15, 0.2) is 12.7 Å². The van der Waals surface area contributed by atoms with Crippen molar-refractivity contribution in [3.63, 3.8) is 0 Å². The van der Waals surface area contributed by atoms with Crippen LogP contribution in [-0.2, 0) is 4.79 Å². The molecule has 0 aliphatic carbocycles. The summed E-state index contributed by atoms with van der Waals surface area (Å²) in [4.78, 5) is 12.4. The van der Waals surface area contributed by atoms with E-state index in [1.807, 2.05) is 16.7 Å². The van der Waals surface area contributed by atoms with Crippen molar-refractivity contribution in [2.45, 2.75) is 12.8 Å². The number of aliphatic carboxylic acids is 1. The van der Waals surface area contributed by atoms with E-state index in [9.17, 15) is 4.79 Å². The second-order valence-corrected chi connectivity index (χ2v) is 4.10. The van der Waals surface area contributed by atoms with E-state index >= 15 is 0 Å². The molecule has 3 nitrogen and oxygen atoms in total. The first-order valence-electron chi connectivity index (χ1n) is 4.74. The van der Waals surface area contributed by atoms with Gasteiger partial charge in [-0.05, 0) is 31.4 Å². The fourth-order valence-corrected chi connectivity index (χ4v) is 1.68. The number of unbranched alkanes of at least 4 members (excludes halogenated alkanes) is 1. The summed E-state index contributed by atoms with van der Waals surface area (Å²) in [6.07, 6.45) is 6.03. The zero-order chi connectivity index (χ0) is 10.8. The monoisotopic (exact) mass is 217 g/mol. The van der Waals surface area contributed by atoms with Gasteiger partial charge in [-0.2, -0.15) is 11.8 Å². The van der Waals surface area contributed by atoms with E-state index in [2.05, 4.69) is 12.8 Å². The lowest BCUT2D eigenvalue weighted by atomic mass is 10.3. The second kappa shape index (κ2) is 9.09. The Morgan fingerprint density at radius 2 is 2.29 bits per heavy atom. The average molecular weight is 217 g/mol. The van der Waals surface area contributed by atoms with Crippen LogP contribution < -0.4 is 0 Å². The Kier molecular flexibility index (Phi) is 8.78. The van der Waals surface area contributed by atoms with Gasteiger partial charge in [0.25, 0.3) is 0 Å². The maximum absolute atomic E-state index is 10.5. The number of carbonyl (C=O) groups is 1. The average Bonchev–Trinajstić information content (AvgIpc) is 2.12. The maximum atomic E-state index is 10.5. The van der Waals surface area contributed by atoms with Crippen LogP contribution in [0.2, 0.25) is 0 Å². The number of hydrogen-bond donors (Lipinski definition) is 1. The number of carboxylic acids is 1. The first-order valence-corrected chi connectivity index (χ1v) is 6.14. The number of carboxylic acid groups (broad SMARTS) is 1. The molecule has 0 radical (unpaired) electrons. The highest BCUT2D eigenvalue weighted by Crippen LogP contribution is 2.01. The molecule has 0 unspecified atom stereocenters. The molecule has 0 heterocycles. The van der Waals surface area contributed by atoms with Crippen LogP contribution in [0.1, 0.15) is 12.8 Å². The lowest BCUT2D eigenvalue weighted by Crippen LogP contribution is -2.30. The van der Waals surface area contributed by atoms with Gasteiger partial charge < -0.3 is 5.11 Å². The van der Waals surface area contributed by atoms with Crippen LogP contribution in [0.4, 0.5) is 0 Å². The van der Waals surface area contributed by atoms with Gasteiger partial charge in [0.05, 0.1) is 6.54 Å². The maximum Gasteiger partial charge on any atom is 0.317 e. The van der Waals surface area contributed by atoms with Gasteiger partial charge in [-0.1, -0.05) is 6.08 Å². The summed E-state index contributed by atoms with van der Waals surface area (Å²) >= 11 is 1.83. The number of rotatable bonds is 9. The van der Waals surface area contributed by atoms with Crippen LogP contribution in [0.3, 0.4) is 0 Å². The Morgan fingerprint density at radius 3 is 2.79 bits per heavy atom. The summed E-state index contributed by atoms with van der Waals surface area (Å²) in [5.41, 5.74) is 0. The highest BCUT2D eigenvalue weighted by atomic mass is 32.2. The lowest BCUT2D eigenvalue weighted by Gasteiger charge is -2.17. The first kappa shape index (κ1) is 13.5. The third-order valence-corrected chi connectivity index (χ3v) is 2.52. The van der Waals surface area contributed by atoms with E-state index in [-0.39, 0.29) is 6.54 Å². The molecule has 82 valence electrons. The van der Waals surface area contributed by atoms with Gasteiger partial charge in [0.1, 0.15) is 0 Å². The molecule has 1 N–H and O–H groups in total. The molecule has 0 fully saturated rings. The van der Waals surface area contributed by atoms with E-state index in [4.69, 9.17) is 5.11 Å². The van der Waals surface area contributed by atoms with Crippen LogP contribution in [0.25, 0.3) is 0 Å². The van der Waals surface area contributed by atoms with E-state index in [1.165, 1.54) is 0 Å². The van der Waals surface area contributed by atoms with Crippen LogP contribution in [0.5, 0.6) is 0 Å². The summed E-state index contributed by atoms with van der Waals surface area (Å²) in [5.74, 6) is 0.381. The highest BCUT2D eigenvalue weighted by Gasteiger charge is 2.06. The summed E-state index contributed by atoms with van der Waals surface area (Å²) in [7, 11) is 0. The minimum atomic E-state index is -0.767. The minimum absolute atomic E-state index is 0.116. The molecule has 0 atom stereocenters. The van der Waals surface area contributed by atoms with Crippen molar-refractivity contribution in [2.24, 2.45) is 0 Å². The van der Waals surface area contributed by atoms with E-state index in [1.54, 1.807) is 6.08 Å². The van der Waals surface area contributed by atoms with Gasteiger partial charge in [-0.25, -0.2) is 0 Å². The molecule has 0 saturated carbocycles. The van der Waals surface area contributed by atoms with Crippen molar-refractivity contribution in [1.29, 1.82) is 0 Å². The van der Waals surface area contributed by atoms with E-state index in [0.717, 1.165) is 25.1 Å². The number of nitrogens with zero attached hydrogens (tertiary/aromatic N) is 1. The van der Waals surface area contributed by atoms with Gasteiger partial charge in [0.15, 0.2) is 0 Å². The molecule has 0 aromatic carbocycles. The SMILES string of the molecule is C=CCN(CCCCSC)CC(=O)O. The predicted octanol–water partition coefficient (Wildman–Crippen LogP) is 1.70. The summed E-state index contributed by atoms with van der Waals surface area (Å²) < 4.78 is 0. The Bertz CT molecular complexity index is 174. The Labute approximate surface area is 90.2 Å². The smallest absolute Gasteiger partial charge is 0.317 e. The van der Waals surface area contributed by atoms with Crippen molar-refractivity contribution in [3.8, 4) is 0 Å². The largest absolute Gasteiger partial charge is 0.480 e. The topological polar surface area (TPSA) is 40.5 Å². The van der Waals surface area contributed by atoms with Crippen LogP contribution in [-0.4, -0.2) is 47.6 Å². The lowest BCUT2D eigenvalue weighted by molar-refractivity contribution is -0.138. The molecule has 0 aliphatic heterocycles. The molecule has 0 aliphatic rings. The molecule has 0 aromatic rings. The molecule has 4 heteroatoms. The second-order valence-electron chi connectivity index (χ2n) is 3.12. The molecule has 0 aromatic heterocycles. The third-order valence-electron chi connectivity index (χ3n) is 1.82. The van der Waals surface area contributed by atoms with Crippen LogP contribution >= 0.6 is 11.8 Å². The molecule has 0 amide bonds. The van der Waals surface area contributed by atoms with E-state index in [0.29, 0.717) is 6.54 Å². The van der Waals surface area contributed by atoms with Crippen molar-refractivity contribution >= 4 is 17.7 Å². The number of hydrogen-bond acceptors (Lipinski definition) is 3. The van der Waals surface area contributed by atoms with Gasteiger partial charge in [-0.3, -0.25) is 9.69 Å². The van der Waals surface area contributed by atoms with E-state index < -0.39 is 5.97 Å². The Morgan fingerprint density at radius 1 is 1.57 bits per heavy atom. The van der Waals surface area contributed by atoms with Gasteiger partial charge in [-0.15, -0.1) is 6.58 Å². The highest BCUT2D eigenvalue weighted by molar-refractivity contribution is 7.98. The zero-order valence-electron chi connectivity index (χ0n) is 8.74.